The number of benzene rings is 2. The van der Waals surface area contributed by atoms with Crippen molar-refractivity contribution in [3.63, 3.8) is 0 Å². The van der Waals surface area contributed by atoms with Crippen molar-refractivity contribution in [2.24, 2.45) is 0 Å². The van der Waals surface area contributed by atoms with Crippen LogP contribution in [-0.4, -0.2) is 25.7 Å². The monoisotopic (exact) mass is 476 g/mol. The van der Waals surface area contributed by atoms with E-state index in [2.05, 4.69) is 15.0 Å². The summed E-state index contributed by atoms with van der Waals surface area (Å²) in [4.78, 5) is 36.4. The number of nitrogens with one attached hydrogen (secondary N) is 2. The molecule has 3 heterocycles. The van der Waals surface area contributed by atoms with Crippen LogP contribution in [0.5, 0.6) is 0 Å². The smallest absolute Gasteiger partial charge is 0.398 e. The van der Waals surface area contributed by atoms with E-state index in [0.717, 1.165) is 22.9 Å². The number of aromatic amines is 1. The predicted molar refractivity (Wildman–Crippen MR) is 126 cm³/mol. The number of nitrogen functional groups attached to an aromatic ring is 1. The second-order valence-electron chi connectivity index (χ2n) is 7.72. The molecule has 0 aliphatic heterocycles. The zero-order valence-corrected chi connectivity index (χ0v) is 17.7. The molecular weight excluding hydrogens is 461 g/mol. The van der Waals surface area contributed by atoms with Crippen LogP contribution < -0.4 is 17.0 Å². The minimum atomic E-state index is -4.63. The summed E-state index contributed by atoms with van der Waals surface area (Å²) in [6.07, 6.45) is -2.28. The third-order valence-corrected chi connectivity index (χ3v) is 5.55. The fourth-order valence-corrected chi connectivity index (χ4v) is 3.85. The number of nitrogens with two attached hydrogens (primary N) is 1. The number of hydrogen-bond donors (Lipinski definition) is 3. The van der Waals surface area contributed by atoms with E-state index in [1.165, 1.54) is 18.3 Å². The number of halogens is 3. The predicted octanol–water partition coefficient (Wildman–Crippen LogP) is 3.89. The lowest BCUT2D eigenvalue weighted by atomic mass is 10.1. The van der Waals surface area contributed by atoms with Crippen LogP contribution in [-0.2, 0) is 6.18 Å². The van der Waals surface area contributed by atoms with Crippen molar-refractivity contribution in [3.8, 4) is 16.9 Å². The molecule has 0 spiro atoms. The molecule has 8 nitrogen and oxygen atoms in total. The molecule has 2 aromatic carbocycles. The van der Waals surface area contributed by atoms with E-state index in [9.17, 15) is 22.8 Å². The lowest BCUT2D eigenvalue weighted by Gasteiger charge is -2.14. The first-order chi connectivity index (χ1) is 16.7. The summed E-state index contributed by atoms with van der Waals surface area (Å²) in [5.74, 6) is 0. The van der Waals surface area contributed by atoms with Crippen molar-refractivity contribution >= 4 is 33.8 Å². The number of alkyl halides is 3. The van der Waals surface area contributed by atoms with Gasteiger partial charge in [0, 0.05) is 29.2 Å². The van der Waals surface area contributed by atoms with Gasteiger partial charge in [-0.2, -0.15) is 13.2 Å². The highest BCUT2D eigenvalue weighted by atomic mass is 19.4. The molecule has 0 fully saturated rings. The Labute approximate surface area is 194 Å². The van der Waals surface area contributed by atoms with Crippen LogP contribution in [0.4, 0.5) is 18.9 Å². The molecule has 0 aliphatic rings. The molecule has 0 amide bonds. The Kier molecular flexibility index (Phi) is 4.97. The summed E-state index contributed by atoms with van der Waals surface area (Å²) in [7, 11) is 0. The van der Waals surface area contributed by atoms with Gasteiger partial charge in [-0.05, 0) is 42.5 Å². The van der Waals surface area contributed by atoms with Crippen molar-refractivity contribution in [1.29, 1.82) is 5.41 Å². The number of pyridine rings is 2. The number of nitrogens with zero attached hydrogens (tertiary/aromatic N) is 3. The van der Waals surface area contributed by atoms with Crippen LogP contribution in [0.1, 0.15) is 11.1 Å². The molecule has 0 saturated carbocycles. The van der Waals surface area contributed by atoms with Gasteiger partial charge < -0.3 is 11.1 Å². The van der Waals surface area contributed by atoms with Gasteiger partial charge in [-0.25, -0.2) is 9.78 Å². The Morgan fingerprint density at radius 1 is 1.06 bits per heavy atom. The van der Waals surface area contributed by atoms with E-state index in [4.69, 9.17) is 11.1 Å². The maximum absolute atomic E-state index is 13.4. The van der Waals surface area contributed by atoms with Gasteiger partial charge in [-0.1, -0.05) is 12.1 Å². The fraction of sp³-hybridized carbons (Fsp3) is 0.0417. The van der Waals surface area contributed by atoms with Gasteiger partial charge in [0.2, 0.25) is 0 Å². The third kappa shape index (κ3) is 3.72. The standard InChI is InChI=1S/C24H15F3N6O2/c25-24(26,27)14-2-1-3-15(9-14)33-21-16(22(34)32-23(33)35)11-30-19-7-6-18(31-20(19)21)12-4-5-17(29)13(8-12)10-28/h1-11,28H,29H2,(H,32,34,35). The van der Waals surface area contributed by atoms with Crippen molar-refractivity contribution in [1.82, 2.24) is 19.5 Å². The highest BCUT2D eigenvalue weighted by Crippen LogP contribution is 2.31. The van der Waals surface area contributed by atoms with Crippen LogP contribution >= 0.6 is 0 Å². The minimum Gasteiger partial charge on any atom is -0.398 e. The fourth-order valence-electron chi connectivity index (χ4n) is 3.85. The van der Waals surface area contributed by atoms with Gasteiger partial charge in [0.1, 0.15) is 5.52 Å². The first kappa shape index (κ1) is 22.0. The van der Waals surface area contributed by atoms with Crippen molar-refractivity contribution in [2.45, 2.75) is 6.18 Å². The molecule has 174 valence electrons. The zero-order valence-electron chi connectivity index (χ0n) is 17.7. The Bertz CT molecular complexity index is 1770. The maximum Gasteiger partial charge on any atom is 0.416 e. The normalized spacial score (nSPS) is 11.7. The molecule has 4 N–H and O–H groups in total. The number of anilines is 1. The topological polar surface area (TPSA) is 131 Å². The van der Waals surface area contributed by atoms with Gasteiger partial charge in [0.05, 0.1) is 33.4 Å². The van der Waals surface area contributed by atoms with Gasteiger partial charge in [-0.15, -0.1) is 0 Å². The van der Waals surface area contributed by atoms with Crippen LogP contribution in [0.15, 0.2) is 70.4 Å². The molecule has 35 heavy (non-hydrogen) atoms. The first-order valence-corrected chi connectivity index (χ1v) is 10.2. The summed E-state index contributed by atoms with van der Waals surface area (Å²) >= 11 is 0. The molecule has 0 unspecified atom stereocenters. The van der Waals surface area contributed by atoms with Crippen LogP contribution in [0, 0.1) is 5.41 Å². The minimum absolute atomic E-state index is 0.0170. The Morgan fingerprint density at radius 3 is 2.60 bits per heavy atom. The van der Waals surface area contributed by atoms with Crippen LogP contribution in [0.2, 0.25) is 0 Å². The second-order valence-corrected chi connectivity index (χ2v) is 7.72. The van der Waals surface area contributed by atoms with E-state index < -0.39 is 23.0 Å². The van der Waals surface area contributed by atoms with Gasteiger partial charge >= 0.3 is 11.9 Å². The lowest BCUT2D eigenvalue weighted by Crippen LogP contribution is -2.29. The summed E-state index contributed by atoms with van der Waals surface area (Å²) in [5.41, 5.74) is 5.57. The quantitative estimate of drug-likeness (QED) is 0.207. The first-order valence-electron chi connectivity index (χ1n) is 10.2. The van der Waals surface area contributed by atoms with Crippen LogP contribution in [0.3, 0.4) is 0 Å². The van der Waals surface area contributed by atoms with Crippen molar-refractivity contribution in [3.05, 3.63) is 92.8 Å². The highest BCUT2D eigenvalue weighted by molar-refractivity contribution is 6.02. The van der Waals surface area contributed by atoms with Gasteiger partial charge in [0.15, 0.2) is 0 Å². The molecular formula is C24H15F3N6O2. The van der Waals surface area contributed by atoms with Crippen LogP contribution in [0.25, 0.3) is 38.9 Å². The lowest BCUT2D eigenvalue weighted by molar-refractivity contribution is -0.137. The molecule has 0 radical (unpaired) electrons. The third-order valence-electron chi connectivity index (χ3n) is 5.55. The number of H-pyrrole nitrogens is 1. The summed E-state index contributed by atoms with van der Waals surface area (Å²) in [6.45, 7) is 0. The summed E-state index contributed by atoms with van der Waals surface area (Å²) < 4.78 is 41.0. The summed E-state index contributed by atoms with van der Waals surface area (Å²) in [6, 6.07) is 12.5. The van der Waals surface area contributed by atoms with Crippen molar-refractivity contribution < 1.29 is 13.2 Å². The average Bonchev–Trinajstić information content (AvgIpc) is 2.83. The van der Waals surface area contributed by atoms with Gasteiger partial charge in [-0.3, -0.25) is 19.3 Å². The Balaban J connectivity index is 1.87. The van der Waals surface area contributed by atoms with E-state index in [0.29, 0.717) is 28.0 Å². The van der Waals surface area contributed by atoms with Gasteiger partial charge in [0.25, 0.3) is 5.56 Å². The number of aromatic nitrogens is 4. The molecule has 0 atom stereocenters. The zero-order chi connectivity index (χ0) is 24.9. The van der Waals surface area contributed by atoms with E-state index in [1.54, 1.807) is 30.3 Å². The maximum atomic E-state index is 13.4. The molecule has 3 aromatic heterocycles. The molecule has 11 heteroatoms. The van der Waals surface area contributed by atoms with Crippen molar-refractivity contribution in [2.75, 3.05) is 5.73 Å². The highest BCUT2D eigenvalue weighted by Gasteiger charge is 2.31. The molecule has 0 aliphatic carbocycles. The summed E-state index contributed by atoms with van der Waals surface area (Å²) in [5, 5.41) is 7.51. The van der Waals surface area contributed by atoms with E-state index in [1.807, 2.05) is 0 Å². The second kappa shape index (κ2) is 7.90. The number of fused-ring (bicyclic) bond motifs is 3. The van der Waals surface area contributed by atoms with E-state index in [-0.39, 0.29) is 22.1 Å². The number of rotatable bonds is 3. The molecule has 5 rings (SSSR count). The largest absolute Gasteiger partial charge is 0.416 e. The Morgan fingerprint density at radius 2 is 1.86 bits per heavy atom. The number of hydrogen-bond acceptors (Lipinski definition) is 6. The molecule has 0 saturated heterocycles. The van der Waals surface area contributed by atoms with E-state index >= 15 is 0 Å². The average molecular weight is 476 g/mol. The molecule has 5 aromatic rings. The molecule has 0 bridgehead atoms. The Hall–Kier alpha value is -4.80. The SMILES string of the molecule is N=Cc1cc(-c2ccc3ncc4c(=O)[nH]c(=O)n(-c5cccc(C(F)(F)F)c5)c4c3n2)ccc1N.